The quantitative estimate of drug-likeness (QED) is 0.661. The second-order valence-corrected chi connectivity index (χ2v) is 8.49. The summed E-state index contributed by atoms with van der Waals surface area (Å²) < 4.78 is 33.2. The molecule has 0 bridgehead atoms. The second kappa shape index (κ2) is 8.51. The maximum absolute atomic E-state index is 12.7. The average molecular weight is 397 g/mol. The first-order valence-corrected chi connectivity index (χ1v) is 10.4. The number of ether oxygens (including phenoxy) is 2. The zero-order valence-electron chi connectivity index (χ0n) is 15.5. The Bertz CT molecular complexity index is 834. The molecule has 0 radical (unpaired) electrons. The number of carbonyl (C=O) groups excluding carboxylic acids is 3. The van der Waals surface area contributed by atoms with E-state index in [4.69, 9.17) is 4.74 Å². The minimum absolute atomic E-state index is 0.00417. The maximum Gasteiger partial charge on any atom is 0.339 e. The molecule has 1 fully saturated rings. The molecule has 1 aromatic rings. The molecule has 9 heteroatoms. The molecule has 0 spiro atoms. The van der Waals surface area contributed by atoms with Crippen LogP contribution >= 0.6 is 0 Å². The number of likely N-dealkylation sites (N-methyl/N-ethyl adjacent to an activating group) is 1. The van der Waals surface area contributed by atoms with E-state index in [9.17, 15) is 22.8 Å². The third kappa shape index (κ3) is 4.85. The Labute approximate surface area is 158 Å². The monoisotopic (exact) mass is 397 g/mol. The Kier molecular flexibility index (Phi) is 6.59. The van der Waals surface area contributed by atoms with Crippen LogP contribution in [-0.2, 0) is 24.1 Å². The summed E-state index contributed by atoms with van der Waals surface area (Å²) in [6.45, 7) is 3.47. The summed E-state index contributed by atoms with van der Waals surface area (Å²) in [5.41, 5.74) is 0.0365. The SMILES string of the molecule is CCN(C(=O)C(C)OC(=O)c1ccccc1C(=O)OC)C1CCS(=O)(=O)C1. The Morgan fingerprint density at radius 2 is 1.78 bits per heavy atom. The maximum atomic E-state index is 12.7. The Hall–Kier alpha value is -2.42. The van der Waals surface area contributed by atoms with Crippen LogP contribution in [-0.4, -0.2) is 68.5 Å². The molecule has 1 heterocycles. The van der Waals surface area contributed by atoms with Crippen LogP contribution in [0.4, 0.5) is 0 Å². The lowest BCUT2D eigenvalue weighted by molar-refractivity contribution is -0.141. The van der Waals surface area contributed by atoms with Gasteiger partial charge in [-0.3, -0.25) is 4.79 Å². The van der Waals surface area contributed by atoms with Gasteiger partial charge in [0.2, 0.25) is 0 Å². The van der Waals surface area contributed by atoms with Gasteiger partial charge in [-0.25, -0.2) is 18.0 Å². The van der Waals surface area contributed by atoms with Crippen molar-refractivity contribution in [1.29, 1.82) is 0 Å². The number of hydrogen-bond acceptors (Lipinski definition) is 7. The number of benzene rings is 1. The molecule has 1 aromatic carbocycles. The van der Waals surface area contributed by atoms with E-state index in [2.05, 4.69) is 4.74 Å². The van der Waals surface area contributed by atoms with Crippen LogP contribution in [0.15, 0.2) is 24.3 Å². The number of nitrogens with zero attached hydrogens (tertiary/aromatic N) is 1. The zero-order valence-corrected chi connectivity index (χ0v) is 16.3. The lowest BCUT2D eigenvalue weighted by Crippen LogP contribution is -2.46. The van der Waals surface area contributed by atoms with Crippen molar-refractivity contribution in [3.05, 3.63) is 35.4 Å². The highest BCUT2D eigenvalue weighted by Crippen LogP contribution is 2.20. The summed E-state index contributed by atoms with van der Waals surface area (Å²) >= 11 is 0. The van der Waals surface area contributed by atoms with Gasteiger partial charge in [-0.2, -0.15) is 0 Å². The van der Waals surface area contributed by atoms with Crippen LogP contribution in [0, 0.1) is 0 Å². The molecular weight excluding hydrogens is 374 g/mol. The van der Waals surface area contributed by atoms with Crippen LogP contribution in [0.25, 0.3) is 0 Å². The van der Waals surface area contributed by atoms with Crippen molar-refractivity contribution < 1.29 is 32.3 Å². The van der Waals surface area contributed by atoms with E-state index >= 15 is 0 Å². The van der Waals surface area contributed by atoms with E-state index in [0.29, 0.717) is 13.0 Å². The Balaban J connectivity index is 2.12. The fourth-order valence-corrected chi connectivity index (χ4v) is 4.80. The molecule has 0 saturated carbocycles. The van der Waals surface area contributed by atoms with Crippen molar-refractivity contribution in [2.24, 2.45) is 0 Å². The third-order valence-electron chi connectivity index (χ3n) is 4.46. The van der Waals surface area contributed by atoms with Crippen LogP contribution in [0.2, 0.25) is 0 Å². The van der Waals surface area contributed by atoms with Crippen molar-refractivity contribution >= 4 is 27.7 Å². The number of amides is 1. The van der Waals surface area contributed by atoms with Crippen LogP contribution in [0.1, 0.15) is 41.0 Å². The van der Waals surface area contributed by atoms with Gasteiger partial charge in [0.15, 0.2) is 15.9 Å². The van der Waals surface area contributed by atoms with E-state index < -0.39 is 39.8 Å². The summed E-state index contributed by atoms with van der Waals surface area (Å²) in [6, 6.07) is 5.56. The summed E-state index contributed by atoms with van der Waals surface area (Å²) in [6.07, 6.45) is -0.750. The highest BCUT2D eigenvalue weighted by Gasteiger charge is 2.36. The van der Waals surface area contributed by atoms with Crippen molar-refractivity contribution in [3.63, 3.8) is 0 Å². The van der Waals surface area contributed by atoms with Gasteiger partial charge in [-0.1, -0.05) is 12.1 Å². The summed E-state index contributed by atoms with van der Waals surface area (Å²) in [7, 11) is -1.95. The van der Waals surface area contributed by atoms with E-state index in [1.54, 1.807) is 19.1 Å². The predicted molar refractivity (Wildman–Crippen MR) is 97.1 cm³/mol. The largest absolute Gasteiger partial charge is 0.465 e. The predicted octanol–water partition coefficient (Wildman–Crippen LogP) is 1.05. The molecular formula is C18H23NO7S. The normalized spacial score (nSPS) is 19.1. The summed E-state index contributed by atoms with van der Waals surface area (Å²) in [4.78, 5) is 38.3. The molecule has 0 aliphatic carbocycles. The van der Waals surface area contributed by atoms with Crippen molar-refractivity contribution in [2.45, 2.75) is 32.4 Å². The molecule has 27 heavy (non-hydrogen) atoms. The Morgan fingerprint density at radius 3 is 2.26 bits per heavy atom. The van der Waals surface area contributed by atoms with Gasteiger partial charge in [-0.05, 0) is 32.4 Å². The van der Waals surface area contributed by atoms with Gasteiger partial charge in [-0.15, -0.1) is 0 Å². The topological polar surface area (TPSA) is 107 Å². The van der Waals surface area contributed by atoms with Gasteiger partial charge in [0.25, 0.3) is 5.91 Å². The number of hydrogen-bond donors (Lipinski definition) is 0. The fourth-order valence-electron chi connectivity index (χ4n) is 3.07. The molecule has 0 aromatic heterocycles. The number of methoxy groups -OCH3 is 1. The standard InChI is InChI=1S/C18H23NO7S/c1-4-19(13-9-10-27(23,24)11-13)16(20)12(2)26-18(22)15-8-6-5-7-14(15)17(21)25-3/h5-8,12-13H,4,9-11H2,1-3H3. The molecule has 1 aliphatic rings. The lowest BCUT2D eigenvalue weighted by Gasteiger charge is -2.29. The second-order valence-electron chi connectivity index (χ2n) is 6.27. The summed E-state index contributed by atoms with van der Waals surface area (Å²) in [5.74, 6) is -2.02. The van der Waals surface area contributed by atoms with E-state index in [1.165, 1.54) is 31.1 Å². The van der Waals surface area contributed by atoms with Crippen molar-refractivity contribution in [2.75, 3.05) is 25.2 Å². The van der Waals surface area contributed by atoms with Crippen LogP contribution in [0.5, 0.6) is 0 Å². The summed E-state index contributed by atoms with van der Waals surface area (Å²) in [5, 5.41) is 0. The third-order valence-corrected chi connectivity index (χ3v) is 6.21. The van der Waals surface area contributed by atoms with Gasteiger partial charge in [0, 0.05) is 12.6 Å². The van der Waals surface area contributed by atoms with Gasteiger partial charge < -0.3 is 14.4 Å². The minimum atomic E-state index is -3.15. The molecule has 1 amide bonds. The Morgan fingerprint density at radius 1 is 1.19 bits per heavy atom. The molecule has 1 aliphatic heterocycles. The molecule has 1 saturated heterocycles. The van der Waals surface area contributed by atoms with Crippen LogP contribution in [0.3, 0.4) is 0 Å². The number of carbonyl (C=O) groups is 3. The molecule has 8 nitrogen and oxygen atoms in total. The average Bonchev–Trinajstić information content (AvgIpc) is 3.00. The number of rotatable bonds is 6. The minimum Gasteiger partial charge on any atom is -0.465 e. The smallest absolute Gasteiger partial charge is 0.339 e. The van der Waals surface area contributed by atoms with E-state index in [0.717, 1.165) is 0 Å². The zero-order chi connectivity index (χ0) is 20.2. The van der Waals surface area contributed by atoms with Gasteiger partial charge in [0.05, 0.1) is 29.7 Å². The van der Waals surface area contributed by atoms with Crippen molar-refractivity contribution in [1.82, 2.24) is 4.90 Å². The van der Waals surface area contributed by atoms with E-state index in [-0.39, 0.29) is 22.6 Å². The molecule has 2 rings (SSSR count). The van der Waals surface area contributed by atoms with Gasteiger partial charge in [0.1, 0.15) is 0 Å². The molecule has 2 atom stereocenters. The fraction of sp³-hybridized carbons (Fsp3) is 0.500. The van der Waals surface area contributed by atoms with Gasteiger partial charge >= 0.3 is 11.9 Å². The molecule has 148 valence electrons. The number of esters is 2. The highest BCUT2D eigenvalue weighted by molar-refractivity contribution is 7.91. The first-order valence-electron chi connectivity index (χ1n) is 8.59. The number of sulfone groups is 1. The molecule has 2 unspecified atom stereocenters. The first-order chi connectivity index (χ1) is 12.7. The first kappa shape index (κ1) is 20.9. The van der Waals surface area contributed by atoms with Crippen molar-refractivity contribution in [3.8, 4) is 0 Å². The van der Waals surface area contributed by atoms with E-state index in [1.807, 2.05) is 0 Å². The highest BCUT2D eigenvalue weighted by atomic mass is 32.2. The molecule has 0 N–H and O–H groups in total. The lowest BCUT2D eigenvalue weighted by atomic mass is 10.1. The van der Waals surface area contributed by atoms with Crippen LogP contribution < -0.4 is 0 Å².